The summed E-state index contributed by atoms with van der Waals surface area (Å²) in [5, 5.41) is 0. The van der Waals surface area contributed by atoms with Crippen molar-refractivity contribution in [2.45, 2.75) is 6.04 Å². The Morgan fingerprint density at radius 1 is 1.16 bits per heavy atom. The van der Waals surface area contributed by atoms with Gasteiger partial charge < -0.3 is 10.6 Å². The minimum absolute atomic E-state index is 0.281. The third kappa shape index (κ3) is 2.98. The number of amides is 1. The van der Waals surface area contributed by atoms with Gasteiger partial charge in [0.2, 0.25) is 5.91 Å². The van der Waals surface area contributed by atoms with E-state index in [0.717, 1.165) is 5.56 Å². The lowest BCUT2D eigenvalue weighted by Crippen LogP contribution is -2.35. The van der Waals surface area contributed by atoms with E-state index in [-0.39, 0.29) is 11.7 Å². The summed E-state index contributed by atoms with van der Waals surface area (Å²) in [6, 6.07) is 14.2. The molecule has 4 heteroatoms. The molecule has 0 aliphatic heterocycles. The molecule has 0 aliphatic carbocycles. The molecule has 0 aliphatic rings. The van der Waals surface area contributed by atoms with E-state index >= 15 is 0 Å². The summed E-state index contributed by atoms with van der Waals surface area (Å²) in [6.45, 7) is 0. The van der Waals surface area contributed by atoms with Gasteiger partial charge >= 0.3 is 0 Å². The Morgan fingerprint density at radius 2 is 1.84 bits per heavy atom. The molecule has 2 N–H and O–H groups in total. The summed E-state index contributed by atoms with van der Waals surface area (Å²) in [5.74, 6) is -0.665. The number of benzene rings is 2. The highest BCUT2D eigenvalue weighted by Gasteiger charge is 2.20. The molecule has 0 fully saturated rings. The van der Waals surface area contributed by atoms with Crippen molar-refractivity contribution in [3.8, 4) is 0 Å². The van der Waals surface area contributed by atoms with Gasteiger partial charge in [-0.15, -0.1) is 0 Å². The Kier molecular flexibility index (Phi) is 3.92. The molecule has 0 bridgehead atoms. The second kappa shape index (κ2) is 5.63. The van der Waals surface area contributed by atoms with Gasteiger partial charge in [-0.2, -0.15) is 0 Å². The molecule has 1 atom stereocenters. The average molecular weight is 258 g/mol. The predicted molar refractivity (Wildman–Crippen MR) is 73.2 cm³/mol. The van der Waals surface area contributed by atoms with Crippen LogP contribution in [0.25, 0.3) is 0 Å². The Morgan fingerprint density at radius 3 is 2.47 bits per heavy atom. The minimum Gasteiger partial charge on any atom is -0.316 e. The number of carbonyl (C=O) groups is 1. The van der Waals surface area contributed by atoms with Crippen LogP contribution >= 0.6 is 0 Å². The van der Waals surface area contributed by atoms with Crippen LogP contribution in [0.2, 0.25) is 0 Å². The number of likely N-dealkylation sites (N-methyl/N-ethyl adjacent to an activating group) is 1. The normalized spacial score (nSPS) is 11.9. The average Bonchev–Trinajstić information content (AvgIpc) is 2.46. The molecule has 0 spiro atoms. The first kappa shape index (κ1) is 13.2. The first-order chi connectivity index (χ1) is 9.09. The van der Waals surface area contributed by atoms with Crippen LogP contribution in [0.15, 0.2) is 54.6 Å². The lowest BCUT2D eigenvalue weighted by molar-refractivity contribution is -0.119. The van der Waals surface area contributed by atoms with Crippen molar-refractivity contribution in [1.29, 1.82) is 0 Å². The maximum absolute atomic E-state index is 13.1. The van der Waals surface area contributed by atoms with E-state index < -0.39 is 6.04 Å². The fourth-order valence-electron chi connectivity index (χ4n) is 1.82. The highest BCUT2D eigenvalue weighted by Crippen LogP contribution is 2.19. The van der Waals surface area contributed by atoms with Crippen molar-refractivity contribution < 1.29 is 9.18 Å². The van der Waals surface area contributed by atoms with Gasteiger partial charge in [0, 0.05) is 12.7 Å². The lowest BCUT2D eigenvalue weighted by atomic mass is 10.1. The van der Waals surface area contributed by atoms with Gasteiger partial charge in [-0.3, -0.25) is 4.79 Å². The standard InChI is InChI=1S/C15H15FN2O/c1-18(13-9-5-8-12(16)10-13)15(19)14(17)11-6-3-2-4-7-11/h2-10,14H,17H2,1H3/t14-/m1/s1. The fraction of sp³-hybridized carbons (Fsp3) is 0.133. The molecule has 1 amide bonds. The number of nitrogens with zero attached hydrogens (tertiary/aromatic N) is 1. The maximum Gasteiger partial charge on any atom is 0.248 e. The van der Waals surface area contributed by atoms with Crippen molar-refractivity contribution >= 4 is 11.6 Å². The highest BCUT2D eigenvalue weighted by atomic mass is 19.1. The summed E-state index contributed by atoms with van der Waals surface area (Å²) < 4.78 is 13.1. The summed E-state index contributed by atoms with van der Waals surface area (Å²) >= 11 is 0. The largest absolute Gasteiger partial charge is 0.316 e. The summed E-state index contributed by atoms with van der Waals surface area (Å²) in [6.07, 6.45) is 0. The third-order valence-corrected chi connectivity index (χ3v) is 2.95. The van der Waals surface area contributed by atoms with Crippen molar-refractivity contribution in [3.63, 3.8) is 0 Å². The van der Waals surface area contributed by atoms with Crippen molar-refractivity contribution in [2.75, 3.05) is 11.9 Å². The summed E-state index contributed by atoms with van der Waals surface area (Å²) in [4.78, 5) is 13.6. The monoisotopic (exact) mass is 258 g/mol. The van der Waals surface area contributed by atoms with E-state index in [2.05, 4.69) is 0 Å². The second-order valence-electron chi connectivity index (χ2n) is 4.27. The van der Waals surface area contributed by atoms with E-state index in [1.807, 2.05) is 18.2 Å². The fourth-order valence-corrected chi connectivity index (χ4v) is 1.82. The number of hydrogen-bond donors (Lipinski definition) is 1. The first-order valence-electron chi connectivity index (χ1n) is 5.93. The van der Waals surface area contributed by atoms with Crippen molar-refractivity contribution in [2.24, 2.45) is 5.73 Å². The van der Waals surface area contributed by atoms with Crippen LogP contribution in [0.3, 0.4) is 0 Å². The zero-order valence-electron chi connectivity index (χ0n) is 10.6. The van der Waals surface area contributed by atoms with Crippen molar-refractivity contribution in [1.82, 2.24) is 0 Å². The molecular formula is C15H15FN2O. The van der Waals surface area contributed by atoms with E-state index in [9.17, 15) is 9.18 Å². The van der Waals surface area contributed by atoms with Crippen LogP contribution in [0, 0.1) is 5.82 Å². The summed E-state index contributed by atoms with van der Waals surface area (Å²) in [5.41, 5.74) is 7.14. The van der Waals surface area contributed by atoms with Gasteiger partial charge in [0.25, 0.3) is 0 Å². The Labute approximate surface area is 111 Å². The minimum atomic E-state index is -0.755. The molecule has 2 aromatic rings. The number of carbonyl (C=O) groups excluding carboxylic acids is 1. The second-order valence-corrected chi connectivity index (χ2v) is 4.27. The Balaban J connectivity index is 2.20. The van der Waals surface area contributed by atoms with E-state index in [0.29, 0.717) is 5.69 Å². The van der Waals surface area contributed by atoms with Crippen LogP contribution in [0.5, 0.6) is 0 Å². The highest BCUT2D eigenvalue weighted by molar-refractivity contribution is 5.97. The molecule has 0 saturated heterocycles. The predicted octanol–water partition coefficient (Wildman–Crippen LogP) is 2.49. The molecule has 0 unspecified atom stereocenters. The molecule has 2 rings (SSSR count). The van der Waals surface area contributed by atoms with Crippen LogP contribution in [-0.4, -0.2) is 13.0 Å². The number of anilines is 1. The third-order valence-electron chi connectivity index (χ3n) is 2.95. The van der Waals surface area contributed by atoms with Gasteiger partial charge in [-0.1, -0.05) is 36.4 Å². The topological polar surface area (TPSA) is 46.3 Å². The van der Waals surface area contributed by atoms with Crippen LogP contribution < -0.4 is 10.6 Å². The van der Waals surface area contributed by atoms with Crippen LogP contribution in [-0.2, 0) is 4.79 Å². The SMILES string of the molecule is CN(C(=O)[C@H](N)c1ccccc1)c1cccc(F)c1. The smallest absolute Gasteiger partial charge is 0.248 e. The molecule has 2 aromatic carbocycles. The molecule has 98 valence electrons. The van der Waals surface area contributed by atoms with E-state index in [4.69, 9.17) is 5.73 Å². The Bertz CT molecular complexity index is 571. The van der Waals surface area contributed by atoms with Gasteiger partial charge in [0.15, 0.2) is 0 Å². The van der Waals surface area contributed by atoms with E-state index in [1.165, 1.54) is 17.0 Å². The maximum atomic E-state index is 13.1. The van der Waals surface area contributed by atoms with Crippen molar-refractivity contribution in [3.05, 3.63) is 66.0 Å². The molecular weight excluding hydrogens is 243 g/mol. The quantitative estimate of drug-likeness (QED) is 0.919. The number of rotatable bonds is 3. The van der Waals surface area contributed by atoms with Crippen LogP contribution in [0.4, 0.5) is 10.1 Å². The summed E-state index contributed by atoms with van der Waals surface area (Å²) in [7, 11) is 1.58. The molecule has 0 saturated carbocycles. The van der Waals surface area contributed by atoms with Gasteiger partial charge in [0.1, 0.15) is 11.9 Å². The van der Waals surface area contributed by atoms with Gasteiger partial charge in [-0.05, 0) is 23.8 Å². The number of hydrogen-bond acceptors (Lipinski definition) is 2. The Hall–Kier alpha value is -2.20. The zero-order chi connectivity index (χ0) is 13.8. The lowest BCUT2D eigenvalue weighted by Gasteiger charge is -2.21. The molecule has 0 heterocycles. The van der Waals surface area contributed by atoms with E-state index in [1.54, 1.807) is 31.3 Å². The first-order valence-corrected chi connectivity index (χ1v) is 5.93. The molecule has 3 nitrogen and oxygen atoms in total. The molecule has 19 heavy (non-hydrogen) atoms. The van der Waals surface area contributed by atoms with Crippen LogP contribution in [0.1, 0.15) is 11.6 Å². The number of halogens is 1. The number of nitrogens with two attached hydrogens (primary N) is 1. The van der Waals surface area contributed by atoms with Gasteiger partial charge in [0.05, 0.1) is 0 Å². The molecule has 0 aromatic heterocycles. The molecule has 0 radical (unpaired) electrons. The van der Waals surface area contributed by atoms with Gasteiger partial charge in [-0.25, -0.2) is 4.39 Å². The zero-order valence-corrected chi connectivity index (χ0v) is 10.6.